The lowest BCUT2D eigenvalue weighted by Crippen LogP contribution is -2.13. The molecule has 17 heavy (non-hydrogen) atoms. The van der Waals surface area contributed by atoms with Gasteiger partial charge in [-0.25, -0.2) is 0 Å². The summed E-state index contributed by atoms with van der Waals surface area (Å²) in [7, 11) is 0. The first-order chi connectivity index (χ1) is 8.20. The zero-order chi connectivity index (χ0) is 12.3. The standard InChI is InChI=1S/C13H14BrNS2/c1-16-13-5-3-2-4-11(13)12(15)7-10-6-9(14)8-17-10/h2-6,8,12H,7,15H2,1H3. The quantitative estimate of drug-likeness (QED) is 0.838. The molecule has 0 fully saturated rings. The van der Waals surface area contributed by atoms with Crippen molar-refractivity contribution in [3.05, 3.63) is 50.6 Å². The van der Waals surface area contributed by atoms with Crippen molar-refractivity contribution in [2.75, 3.05) is 6.26 Å². The van der Waals surface area contributed by atoms with Crippen molar-refractivity contribution in [3.8, 4) is 0 Å². The average molecular weight is 328 g/mol. The van der Waals surface area contributed by atoms with Gasteiger partial charge in [0.2, 0.25) is 0 Å². The van der Waals surface area contributed by atoms with Gasteiger partial charge >= 0.3 is 0 Å². The Balaban J connectivity index is 2.16. The lowest BCUT2D eigenvalue weighted by Gasteiger charge is -2.14. The molecule has 1 atom stereocenters. The van der Waals surface area contributed by atoms with E-state index in [-0.39, 0.29) is 6.04 Å². The number of thioether (sulfide) groups is 1. The van der Waals surface area contributed by atoms with Crippen molar-refractivity contribution in [3.63, 3.8) is 0 Å². The summed E-state index contributed by atoms with van der Waals surface area (Å²) in [5.74, 6) is 0. The Kier molecular flexibility index (Phi) is 4.68. The fraction of sp³-hybridized carbons (Fsp3) is 0.231. The van der Waals surface area contributed by atoms with Gasteiger partial charge in [0.05, 0.1) is 0 Å². The molecule has 1 aromatic carbocycles. The third kappa shape index (κ3) is 3.35. The number of halogens is 1. The van der Waals surface area contributed by atoms with Crippen LogP contribution in [-0.2, 0) is 6.42 Å². The van der Waals surface area contributed by atoms with Crippen LogP contribution in [-0.4, -0.2) is 6.26 Å². The van der Waals surface area contributed by atoms with Crippen LogP contribution in [0.5, 0.6) is 0 Å². The maximum absolute atomic E-state index is 6.29. The molecule has 0 spiro atoms. The van der Waals surface area contributed by atoms with Gasteiger partial charge in [0.1, 0.15) is 0 Å². The van der Waals surface area contributed by atoms with Gasteiger partial charge in [-0.2, -0.15) is 0 Å². The molecule has 2 aromatic rings. The molecular weight excluding hydrogens is 314 g/mol. The summed E-state index contributed by atoms with van der Waals surface area (Å²) in [5, 5.41) is 2.10. The van der Waals surface area contributed by atoms with Crippen LogP contribution < -0.4 is 5.73 Å². The molecule has 0 saturated heterocycles. The second-order valence-electron chi connectivity index (χ2n) is 3.78. The maximum Gasteiger partial charge on any atom is 0.0354 e. The Bertz CT molecular complexity index is 496. The van der Waals surface area contributed by atoms with Gasteiger partial charge < -0.3 is 5.73 Å². The lowest BCUT2D eigenvalue weighted by molar-refractivity contribution is 0.715. The van der Waals surface area contributed by atoms with E-state index in [1.807, 2.05) is 0 Å². The van der Waals surface area contributed by atoms with Crippen LogP contribution in [0.3, 0.4) is 0 Å². The SMILES string of the molecule is CSc1ccccc1C(N)Cc1cc(Br)cs1. The van der Waals surface area contributed by atoms with Gasteiger partial charge in [-0.1, -0.05) is 18.2 Å². The Morgan fingerprint density at radius 3 is 2.82 bits per heavy atom. The highest BCUT2D eigenvalue weighted by Gasteiger charge is 2.11. The van der Waals surface area contributed by atoms with E-state index in [0.29, 0.717) is 0 Å². The van der Waals surface area contributed by atoms with Crippen LogP contribution in [0, 0.1) is 0 Å². The molecule has 0 aliphatic rings. The first kappa shape index (κ1) is 13.1. The highest BCUT2D eigenvalue weighted by atomic mass is 79.9. The summed E-state index contributed by atoms with van der Waals surface area (Å²) < 4.78 is 1.14. The Morgan fingerprint density at radius 1 is 1.41 bits per heavy atom. The first-order valence-corrected chi connectivity index (χ1v) is 8.22. The van der Waals surface area contributed by atoms with E-state index < -0.39 is 0 Å². The van der Waals surface area contributed by atoms with E-state index >= 15 is 0 Å². The second-order valence-corrected chi connectivity index (χ2v) is 6.54. The van der Waals surface area contributed by atoms with Crippen molar-refractivity contribution >= 4 is 39.0 Å². The van der Waals surface area contributed by atoms with E-state index in [9.17, 15) is 0 Å². The maximum atomic E-state index is 6.29. The molecule has 2 rings (SSSR count). The minimum absolute atomic E-state index is 0.0733. The molecule has 2 N–H and O–H groups in total. The molecule has 1 aromatic heterocycles. The summed E-state index contributed by atoms with van der Waals surface area (Å²) in [6.07, 6.45) is 2.99. The zero-order valence-corrected chi connectivity index (χ0v) is 12.7. The third-order valence-corrected chi connectivity index (χ3v) is 5.11. The van der Waals surface area contributed by atoms with E-state index in [1.54, 1.807) is 23.1 Å². The molecular formula is C13H14BrNS2. The van der Waals surface area contributed by atoms with E-state index in [0.717, 1.165) is 10.9 Å². The zero-order valence-electron chi connectivity index (χ0n) is 9.52. The monoisotopic (exact) mass is 327 g/mol. The van der Waals surface area contributed by atoms with E-state index in [4.69, 9.17) is 5.73 Å². The number of hydrogen-bond acceptors (Lipinski definition) is 3. The molecule has 0 amide bonds. The minimum Gasteiger partial charge on any atom is -0.324 e. The van der Waals surface area contributed by atoms with Gasteiger partial charge in [0.15, 0.2) is 0 Å². The molecule has 0 bridgehead atoms. The van der Waals surface area contributed by atoms with Crippen LogP contribution in [0.25, 0.3) is 0 Å². The average Bonchev–Trinajstić information content (AvgIpc) is 2.74. The van der Waals surface area contributed by atoms with Gasteiger partial charge in [0.25, 0.3) is 0 Å². The third-order valence-electron chi connectivity index (χ3n) is 2.58. The number of thiophene rings is 1. The summed E-state index contributed by atoms with van der Waals surface area (Å²) in [5.41, 5.74) is 7.53. The largest absolute Gasteiger partial charge is 0.324 e. The molecule has 1 heterocycles. The summed E-state index contributed by atoms with van der Waals surface area (Å²) >= 11 is 6.98. The van der Waals surface area contributed by atoms with Crippen molar-refractivity contribution < 1.29 is 0 Å². The summed E-state index contributed by atoms with van der Waals surface area (Å²) in [4.78, 5) is 2.59. The van der Waals surface area contributed by atoms with Crippen LogP contribution in [0.15, 0.2) is 45.1 Å². The molecule has 90 valence electrons. The number of nitrogens with two attached hydrogens (primary N) is 1. The summed E-state index contributed by atoms with van der Waals surface area (Å²) in [6, 6.07) is 10.6. The van der Waals surface area contributed by atoms with Crippen LogP contribution in [0.4, 0.5) is 0 Å². The highest BCUT2D eigenvalue weighted by molar-refractivity contribution is 9.10. The smallest absolute Gasteiger partial charge is 0.0354 e. The fourth-order valence-corrected chi connectivity index (χ4v) is 3.94. The van der Waals surface area contributed by atoms with Gasteiger partial charge in [-0.05, 0) is 39.9 Å². The molecule has 0 radical (unpaired) electrons. The second kappa shape index (κ2) is 6.05. The number of hydrogen-bond donors (Lipinski definition) is 1. The van der Waals surface area contributed by atoms with Crippen molar-refractivity contribution in [2.45, 2.75) is 17.4 Å². The van der Waals surface area contributed by atoms with Crippen LogP contribution in [0.1, 0.15) is 16.5 Å². The topological polar surface area (TPSA) is 26.0 Å². The molecule has 0 saturated carbocycles. The van der Waals surface area contributed by atoms with Crippen molar-refractivity contribution in [2.24, 2.45) is 5.73 Å². The van der Waals surface area contributed by atoms with Gasteiger partial charge in [0, 0.05) is 32.1 Å². The van der Waals surface area contributed by atoms with Gasteiger partial charge in [-0.3, -0.25) is 0 Å². The molecule has 0 aliphatic carbocycles. The first-order valence-electron chi connectivity index (χ1n) is 5.32. The predicted molar refractivity (Wildman–Crippen MR) is 80.9 cm³/mol. The number of rotatable bonds is 4. The molecule has 1 nitrogen and oxygen atoms in total. The Hall–Kier alpha value is -0.290. The van der Waals surface area contributed by atoms with Crippen LogP contribution in [0.2, 0.25) is 0 Å². The Labute approximate surface area is 119 Å². The van der Waals surface area contributed by atoms with Crippen LogP contribution >= 0.6 is 39.0 Å². The van der Waals surface area contributed by atoms with E-state index in [1.165, 1.54) is 15.3 Å². The molecule has 0 aliphatic heterocycles. The molecule has 4 heteroatoms. The lowest BCUT2D eigenvalue weighted by atomic mass is 10.0. The van der Waals surface area contributed by atoms with E-state index in [2.05, 4.69) is 57.9 Å². The Morgan fingerprint density at radius 2 is 2.18 bits per heavy atom. The molecule has 1 unspecified atom stereocenters. The minimum atomic E-state index is 0.0733. The summed E-state index contributed by atoms with van der Waals surface area (Å²) in [6.45, 7) is 0. The predicted octanol–water partition coefficient (Wildman–Crippen LogP) is 4.48. The van der Waals surface area contributed by atoms with Crippen molar-refractivity contribution in [1.29, 1.82) is 0 Å². The van der Waals surface area contributed by atoms with Gasteiger partial charge in [-0.15, -0.1) is 23.1 Å². The normalized spacial score (nSPS) is 12.6. The highest BCUT2D eigenvalue weighted by Crippen LogP contribution is 2.29. The fourth-order valence-electron chi connectivity index (χ4n) is 1.76. The van der Waals surface area contributed by atoms with Crippen molar-refractivity contribution in [1.82, 2.24) is 0 Å². The number of benzene rings is 1.